The zero-order valence-corrected chi connectivity index (χ0v) is 11.2. The fourth-order valence-corrected chi connectivity index (χ4v) is 3.62. The van der Waals surface area contributed by atoms with Gasteiger partial charge in [-0.15, -0.1) is 0 Å². The van der Waals surface area contributed by atoms with Crippen molar-refractivity contribution < 1.29 is 26.3 Å². The molecule has 2 rings (SSSR count). The summed E-state index contributed by atoms with van der Waals surface area (Å²) in [5, 5.41) is 0. The molecule has 3 atom stereocenters. The lowest BCUT2D eigenvalue weighted by Crippen LogP contribution is -2.54. The molecule has 20 heavy (non-hydrogen) atoms. The van der Waals surface area contributed by atoms with Crippen molar-refractivity contribution in [2.45, 2.75) is 51.4 Å². The molecule has 0 aromatic rings. The molecule has 116 valence electrons. The first-order valence-electron chi connectivity index (χ1n) is 6.86. The Hall–Kier alpha value is -0.680. The molecule has 3 unspecified atom stereocenters. The van der Waals surface area contributed by atoms with E-state index in [4.69, 9.17) is 0 Å². The van der Waals surface area contributed by atoms with Gasteiger partial charge in [0.05, 0.1) is 0 Å². The van der Waals surface area contributed by atoms with E-state index in [-0.39, 0.29) is 24.7 Å². The standard InChI is InChI=1S/C14H18F6/c1-12(13(15,16)17,14(18,19)20)11-7-6-9-4-2-3-5-10(9)8-11/h2-3,9-11H,4-8H2,1H3. The lowest BCUT2D eigenvalue weighted by molar-refractivity contribution is -0.355. The zero-order chi connectivity index (χ0) is 15.2. The van der Waals surface area contributed by atoms with E-state index in [2.05, 4.69) is 0 Å². The van der Waals surface area contributed by atoms with Gasteiger partial charge in [-0.2, -0.15) is 26.3 Å². The second kappa shape index (κ2) is 4.95. The van der Waals surface area contributed by atoms with Crippen LogP contribution < -0.4 is 0 Å². The summed E-state index contributed by atoms with van der Waals surface area (Å²) in [4.78, 5) is 0. The predicted octanol–water partition coefficient (Wildman–Crippen LogP) is 5.50. The van der Waals surface area contributed by atoms with Crippen LogP contribution in [0, 0.1) is 23.2 Å². The summed E-state index contributed by atoms with van der Waals surface area (Å²) in [7, 11) is 0. The van der Waals surface area contributed by atoms with Crippen LogP contribution in [0.1, 0.15) is 39.0 Å². The van der Waals surface area contributed by atoms with Crippen molar-refractivity contribution in [3.63, 3.8) is 0 Å². The summed E-state index contributed by atoms with van der Waals surface area (Å²) >= 11 is 0. The molecule has 0 N–H and O–H groups in total. The van der Waals surface area contributed by atoms with E-state index in [1.807, 2.05) is 12.2 Å². The molecule has 0 bridgehead atoms. The van der Waals surface area contributed by atoms with Crippen molar-refractivity contribution in [1.82, 2.24) is 0 Å². The number of hydrogen-bond donors (Lipinski definition) is 0. The lowest BCUT2D eigenvalue weighted by atomic mass is 9.61. The maximum atomic E-state index is 13.1. The van der Waals surface area contributed by atoms with Crippen LogP contribution in [0.15, 0.2) is 12.2 Å². The highest BCUT2D eigenvalue weighted by atomic mass is 19.4. The van der Waals surface area contributed by atoms with Gasteiger partial charge >= 0.3 is 12.4 Å². The van der Waals surface area contributed by atoms with Crippen LogP contribution in [-0.4, -0.2) is 12.4 Å². The first-order valence-corrected chi connectivity index (χ1v) is 6.86. The van der Waals surface area contributed by atoms with Crippen molar-refractivity contribution in [3.05, 3.63) is 12.2 Å². The molecule has 0 heterocycles. The van der Waals surface area contributed by atoms with Crippen LogP contribution in [-0.2, 0) is 0 Å². The molecule has 0 aliphatic heterocycles. The number of alkyl halides is 6. The van der Waals surface area contributed by atoms with Crippen molar-refractivity contribution in [3.8, 4) is 0 Å². The molecule has 1 saturated carbocycles. The van der Waals surface area contributed by atoms with Crippen LogP contribution in [0.2, 0.25) is 0 Å². The van der Waals surface area contributed by atoms with E-state index in [1.54, 1.807) is 0 Å². The Morgan fingerprint density at radius 2 is 1.30 bits per heavy atom. The Morgan fingerprint density at radius 3 is 1.80 bits per heavy atom. The molecule has 0 amide bonds. The van der Waals surface area contributed by atoms with Crippen molar-refractivity contribution in [1.29, 1.82) is 0 Å². The van der Waals surface area contributed by atoms with Crippen molar-refractivity contribution in [2.75, 3.05) is 0 Å². The third kappa shape index (κ3) is 2.46. The average Bonchev–Trinajstić information content (AvgIpc) is 2.34. The summed E-state index contributed by atoms with van der Waals surface area (Å²) < 4.78 is 78.4. The molecule has 0 nitrogen and oxygen atoms in total. The van der Waals surface area contributed by atoms with Crippen LogP contribution in [0.25, 0.3) is 0 Å². The number of allylic oxidation sites excluding steroid dienone is 2. The van der Waals surface area contributed by atoms with E-state index >= 15 is 0 Å². The van der Waals surface area contributed by atoms with Crippen LogP contribution in [0.4, 0.5) is 26.3 Å². The minimum Gasteiger partial charge on any atom is -0.170 e. The molecule has 0 radical (unpaired) electrons. The van der Waals surface area contributed by atoms with E-state index < -0.39 is 23.7 Å². The molecule has 6 heteroatoms. The van der Waals surface area contributed by atoms with Gasteiger partial charge in [0.2, 0.25) is 0 Å². The quantitative estimate of drug-likeness (QED) is 0.443. The summed E-state index contributed by atoms with van der Waals surface area (Å²) in [5.74, 6) is -1.15. The average molecular weight is 300 g/mol. The number of hydrogen-bond acceptors (Lipinski definition) is 0. The van der Waals surface area contributed by atoms with Crippen molar-refractivity contribution in [2.24, 2.45) is 23.2 Å². The molecular formula is C14H18F6. The minimum atomic E-state index is -5.26. The summed E-state index contributed by atoms with van der Waals surface area (Å²) in [6.07, 6.45) is -4.79. The Balaban J connectivity index is 2.26. The summed E-state index contributed by atoms with van der Waals surface area (Å²) in [5.41, 5.74) is -3.59. The molecule has 0 spiro atoms. The minimum absolute atomic E-state index is 0.00449. The highest BCUT2D eigenvalue weighted by Gasteiger charge is 2.70. The number of fused-ring (bicyclic) bond motifs is 1. The molecular weight excluding hydrogens is 282 g/mol. The fraction of sp³-hybridized carbons (Fsp3) is 0.857. The second-order valence-electron chi connectivity index (χ2n) is 6.17. The number of rotatable bonds is 1. The smallest absolute Gasteiger partial charge is 0.170 e. The maximum Gasteiger partial charge on any atom is 0.403 e. The summed E-state index contributed by atoms with van der Waals surface area (Å²) in [6.45, 7) is 0.330. The van der Waals surface area contributed by atoms with Gasteiger partial charge in [0.25, 0.3) is 0 Å². The van der Waals surface area contributed by atoms with Gasteiger partial charge in [-0.25, -0.2) is 0 Å². The lowest BCUT2D eigenvalue weighted by Gasteiger charge is -2.46. The van der Waals surface area contributed by atoms with Gasteiger partial charge in [-0.1, -0.05) is 12.2 Å². The number of halogens is 6. The Morgan fingerprint density at radius 1 is 0.800 bits per heavy atom. The Kier molecular flexibility index (Phi) is 3.89. The fourth-order valence-electron chi connectivity index (χ4n) is 3.62. The molecule has 2 aliphatic carbocycles. The largest absolute Gasteiger partial charge is 0.403 e. The monoisotopic (exact) mass is 300 g/mol. The van der Waals surface area contributed by atoms with Gasteiger partial charge in [0.1, 0.15) is 0 Å². The van der Waals surface area contributed by atoms with E-state index in [1.165, 1.54) is 0 Å². The SMILES string of the molecule is CC(C1CCC2CC=CCC2C1)(C(F)(F)F)C(F)(F)F. The zero-order valence-electron chi connectivity index (χ0n) is 11.2. The van der Waals surface area contributed by atoms with Crippen molar-refractivity contribution >= 4 is 0 Å². The molecule has 0 aromatic carbocycles. The van der Waals surface area contributed by atoms with Crippen LogP contribution >= 0.6 is 0 Å². The van der Waals surface area contributed by atoms with Gasteiger partial charge in [-0.3, -0.25) is 0 Å². The Bertz CT molecular complexity index is 364. The normalized spacial score (nSPS) is 32.0. The van der Waals surface area contributed by atoms with Gasteiger partial charge in [0.15, 0.2) is 5.41 Å². The van der Waals surface area contributed by atoms with E-state index in [0.29, 0.717) is 19.8 Å². The van der Waals surface area contributed by atoms with E-state index in [9.17, 15) is 26.3 Å². The predicted molar refractivity (Wildman–Crippen MR) is 62.9 cm³/mol. The molecule has 0 saturated heterocycles. The molecule has 0 aromatic heterocycles. The van der Waals surface area contributed by atoms with Crippen LogP contribution in [0.3, 0.4) is 0 Å². The third-order valence-corrected chi connectivity index (χ3v) is 5.18. The van der Waals surface area contributed by atoms with Gasteiger partial charge in [0, 0.05) is 0 Å². The first kappa shape index (κ1) is 15.7. The molecule has 1 fully saturated rings. The van der Waals surface area contributed by atoms with Gasteiger partial charge < -0.3 is 0 Å². The van der Waals surface area contributed by atoms with Gasteiger partial charge in [-0.05, 0) is 56.8 Å². The molecule has 2 aliphatic rings. The highest BCUT2D eigenvalue weighted by molar-refractivity contribution is 5.02. The topological polar surface area (TPSA) is 0 Å². The Labute approximate surface area is 114 Å². The third-order valence-electron chi connectivity index (χ3n) is 5.18. The van der Waals surface area contributed by atoms with E-state index in [0.717, 1.165) is 6.42 Å². The first-order chi connectivity index (χ1) is 9.07. The maximum absolute atomic E-state index is 13.1. The summed E-state index contributed by atoms with van der Waals surface area (Å²) in [6, 6.07) is 0. The van der Waals surface area contributed by atoms with Crippen LogP contribution in [0.5, 0.6) is 0 Å². The second-order valence-corrected chi connectivity index (χ2v) is 6.17. The highest BCUT2D eigenvalue weighted by Crippen LogP contribution is 2.59.